The van der Waals surface area contributed by atoms with Crippen molar-refractivity contribution in [2.24, 2.45) is 4.99 Å². The van der Waals surface area contributed by atoms with Crippen molar-refractivity contribution in [2.45, 2.75) is 19.6 Å². The minimum atomic E-state index is -3.42. The quantitative estimate of drug-likeness (QED) is 0.432. The molecule has 0 fully saturated rings. The van der Waals surface area contributed by atoms with E-state index in [9.17, 15) is 4.57 Å². The van der Waals surface area contributed by atoms with E-state index in [0.717, 1.165) is 0 Å². The van der Waals surface area contributed by atoms with Crippen LogP contribution in [-0.4, -0.2) is 18.4 Å². The molecule has 0 bridgehead atoms. The van der Waals surface area contributed by atoms with Gasteiger partial charge in [-0.25, -0.2) is 4.99 Å². The van der Waals surface area contributed by atoms with E-state index in [1.165, 1.54) is 6.26 Å². The molecule has 1 atom stereocenters. The van der Waals surface area contributed by atoms with E-state index < -0.39 is 13.4 Å². The molecule has 1 aromatic rings. The molecule has 5 nitrogen and oxygen atoms in total. The molecule has 0 aliphatic rings. The second kappa shape index (κ2) is 6.84. The van der Waals surface area contributed by atoms with Crippen molar-refractivity contribution in [1.29, 1.82) is 0 Å². The summed E-state index contributed by atoms with van der Waals surface area (Å²) in [6.45, 7) is 3.96. The molecule has 0 saturated heterocycles. The van der Waals surface area contributed by atoms with Crippen LogP contribution in [0.2, 0.25) is 0 Å². The van der Waals surface area contributed by atoms with Gasteiger partial charge in [-0.3, -0.25) is 4.57 Å². The van der Waals surface area contributed by atoms with E-state index >= 15 is 0 Å². The Morgan fingerprint density at radius 3 is 2.59 bits per heavy atom. The predicted octanol–water partition coefficient (Wildman–Crippen LogP) is 3.65. The third-order valence-electron chi connectivity index (χ3n) is 1.89. The second-order valence-corrected chi connectivity index (χ2v) is 5.25. The van der Waals surface area contributed by atoms with Crippen molar-refractivity contribution in [2.75, 3.05) is 13.2 Å². The van der Waals surface area contributed by atoms with Crippen LogP contribution in [0.15, 0.2) is 27.8 Å². The van der Waals surface area contributed by atoms with Crippen molar-refractivity contribution in [3.63, 3.8) is 0 Å². The normalized spacial score (nSPS) is 13.1. The van der Waals surface area contributed by atoms with Gasteiger partial charge in [-0.1, -0.05) is 0 Å². The zero-order valence-corrected chi connectivity index (χ0v) is 11.4. The first-order valence-electron chi connectivity index (χ1n) is 5.17. The molecule has 0 spiro atoms. The van der Waals surface area contributed by atoms with Crippen LogP contribution >= 0.6 is 19.8 Å². The molecule has 0 N–H and O–H groups in total. The summed E-state index contributed by atoms with van der Waals surface area (Å²) in [6.07, 6.45) is 1.46. The standard InChI is InChI=1S/C10H14NO4PS/c1-3-14-16(12,15-4-2)10(11-8-17)9-6-5-7-13-9/h5-7,10H,3-4H2,1-2H3. The van der Waals surface area contributed by atoms with Crippen molar-refractivity contribution in [3.8, 4) is 0 Å². The van der Waals surface area contributed by atoms with Crippen LogP contribution in [-0.2, 0) is 13.6 Å². The first-order valence-corrected chi connectivity index (χ1v) is 7.19. The molecule has 0 aromatic carbocycles. The Labute approximate surface area is 105 Å². The summed E-state index contributed by atoms with van der Waals surface area (Å²) in [6, 6.07) is 3.31. The number of hydrogen-bond donors (Lipinski definition) is 0. The average molecular weight is 275 g/mol. The van der Waals surface area contributed by atoms with Gasteiger partial charge in [-0.05, 0) is 38.2 Å². The van der Waals surface area contributed by atoms with Gasteiger partial charge in [-0.15, -0.1) is 0 Å². The summed E-state index contributed by atoms with van der Waals surface area (Å²) in [5.41, 5.74) is 0. The SMILES string of the molecule is CCOP(=O)(OCC)C(N=C=S)c1ccco1. The van der Waals surface area contributed by atoms with E-state index in [-0.39, 0.29) is 13.2 Å². The third kappa shape index (κ3) is 3.60. The van der Waals surface area contributed by atoms with Crippen LogP contribution < -0.4 is 0 Å². The summed E-state index contributed by atoms with van der Waals surface area (Å²) in [4.78, 5) is 3.83. The maximum Gasteiger partial charge on any atom is 0.363 e. The molecule has 0 radical (unpaired) electrons. The molecule has 1 unspecified atom stereocenters. The lowest BCUT2D eigenvalue weighted by atomic mass is 10.4. The Hall–Kier alpha value is -0.770. The van der Waals surface area contributed by atoms with Crippen LogP contribution in [0.4, 0.5) is 0 Å². The molecule has 1 rings (SSSR count). The first-order chi connectivity index (χ1) is 8.18. The van der Waals surface area contributed by atoms with Gasteiger partial charge in [0.05, 0.1) is 24.6 Å². The summed E-state index contributed by atoms with van der Waals surface area (Å²) >= 11 is 4.55. The summed E-state index contributed by atoms with van der Waals surface area (Å²) in [5.74, 6) is -0.512. The number of isothiocyanates is 1. The highest BCUT2D eigenvalue weighted by Gasteiger charge is 2.38. The number of hydrogen-bond acceptors (Lipinski definition) is 6. The fourth-order valence-electron chi connectivity index (χ4n) is 1.32. The fraction of sp³-hybridized carbons (Fsp3) is 0.500. The van der Waals surface area contributed by atoms with Gasteiger partial charge < -0.3 is 13.5 Å². The number of rotatable bonds is 7. The van der Waals surface area contributed by atoms with E-state index in [1.54, 1.807) is 26.0 Å². The predicted molar refractivity (Wildman–Crippen MR) is 67.3 cm³/mol. The molecule has 0 saturated carbocycles. The Morgan fingerprint density at radius 2 is 2.18 bits per heavy atom. The maximum atomic E-state index is 12.5. The molecule has 17 heavy (non-hydrogen) atoms. The van der Waals surface area contributed by atoms with E-state index in [0.29, 0.717) is 5.76 Å². The lowest BCUT2D eigenvalue weighted by Gasteiger charge is -2.20. The van der Waals surface area contributed by atoms with Crippen molar-refractivity contribution in [3.05, 3.63) is 24.2 Å². The lowest BCUT2D eigenvalue weighted by Crippen LogP contribution is -2.04. The van der Waals surface area contributed by atoms with Crippen LogP contribution in [0.25, 0.3) is 0 Å². The van der Waals surface area contributed by atoms with Gasteiger partial charge in [0.1, 0.15) is 5.76 Å². The Kier molecular flexibility index (Phi) is 5.75. The van der Waals surface area contributed by atoms with Crippen LogP contribution in [0.3, 0.4) is 0 Å². The first kappa shape index (κ1) is 14.3. The highest BCUT2D eigenvalue weighted by molar-refractivity contribution is 7.78. The van der Waals surface area contributed by atoms with Gasteiger partial charge in [-0.2, -0.15) is 0 Å². The Balaban J connectivity index is 3.10. The van der Waals surface area contributed by atoms with Gasteiger partial charge in [0.15, 0.2) is 0 Å². The van der Waals surface area contributed by atoms with Gasteiger partial charge in [0, 0.05) is 0 Å². The molecular formula is C10H14NO4PS. The molecule has 0 aliphatic heterocycles. The summed E-state index contributed by atoms with van der Waals surface area (Å²) in [5, 5.41) is 2.19. The topological polar surface area (TPSA) is 61.0 Å². The van der Waals surface area contributed by atoms with Crippen molar-refractivity contribution in [1.82, 2.24) is 0 Å². The Bertz CT molecular complexity index is 418. The molecule has 94 valence electrons. The van der Waals surface area contributed by atoms with E-state index in [4.69, 9.17) is 13.5 Å². The smallest absolute Gasteiger partial charge is 0.363 e. The molecule has 0 aliphatic carbocycles. The molecule has 7 heteroatoms. The molecule has 1 aromatic heterocycles. The lowest BCUT2D eigenvalue weighted by molar-refractivity contribution is 0.210. The van der Waals surface area contributed by atoms with Crippen LogP contribution in [0, 0.1) is 0 Å². The average Bonchev–Trinajstić information content (AvgIpc) is 2.79. The highest BCUT2D eigenvalue weighted by atomic mass is 32.1. The summed E-state index contributed by atoms with van der Waals surface area (Å²) < 4.78 is 28.1. The van der Waals surface area contributed by atoms with E-state index in [1.807, 2.05) is 0 Å². The zero-order valence-electron chi connectivity index (χ0n) is 9.66. The summed E-state index contributed by atoms with van der Waals surface area (Å²) in [7, 11) is -3.42. The minimum absolute atomic E-state index is 0.251. The molecule has 1 heterocycles. The van der Waals surface area contributed by atoms with Gasteiger partial charge in [0.25, 0.3) is 0 Å². The molecular weight excluding hydrogens is 261 g/mol. The maximum absolute atomic E-state index is 12.5. The van der Waals surface area contributed by atoms with Gasteiger partial charge >= 0.3 is 7.60 Å². The minimum Gasteiger partial charge on any atom is -0.466 e. The fourth-order valence-corrected chi connectivity index (χ4v) is 3.23. The van der Waals surface area contributed by atoms with Crippen LogP contribution in [0.5, 0.6) is 0 Å². The number of aliphatic imine (C=N–C) groups is 1. The second-order valence-electron chi connectivity index (χ2n) is 2.98. The highest BCUT2D eigenvalue weighted by Crippen LogP contribution is 2.61. The third-order valence-corrected chi connectivity index (χ3v) is 4.20. The zero-order chi connectivity index (χ0) is 12.7. The number of thiocarbonyl (C=S) groups is 1. The van der Waals surface area contributed by atoms with Crippen LogP contribution in [0.1, 0.15) is 25.4 Å². The van der Waals surface area contributed by atoms with Crippen molar-refractivity contribution < 1.29 is 18.0 Å². The van der Waals surface area contributed by atoms with Gasteiger partial charge in [0.2, 0.25) is 5.78 Å². The largest absolute Gasteiger partial charge is 0.466 e. The monoisotopic (exact) mass is 275 g/mol. The van der Waals surface area contributed by atoms with Crippen molar-refractivity contribution >= 4 is 25.0 Å². The Morgan fingerprint density at radius 1 is 1.53 bits per heavy atom. The number of nitrogens with zero attached hydrogens (tertiary/aromatic N) is 1. The number of furan rings is 1. The molecule has 0 amide bonds. The van der Waals surface area contributed by atoms with E-state index in [2.05, 4.69) is 22.4 Å².